The van der Waals surface area contributed by atoms with E-state index in [-0.39, 0.29) is 17.5 Å². The van der Waals surface area contributed by atoms with E-state index in [2.05, 4.69) is 30.9 Å². The molecule has 0 unspecified atom stereocenters. The summed E-state index contributed by atoms with van der Waals surface area (Å²) >= 11 is 2.96. The maximum Gasteiger partial charge on any atom is 0.239 e. The number of thiazole rings is 1. The van der Waals surface area contributed by atoms with Crippen LogP contribution in [0.3, 0.4) is 0 Å². The molecule has 1 heterocycles. The topological polar surface area (TPSA) is 36.4 Å². The number of carbonyl (C=O) groups excluding carboxylic acids is 1. The molecule has 1 aromatic heterocycles. The van der Waals surface area contributed by atoms with Crippen molar-refractivity contribution >= 4 is 44.4 Å². The van der Waals surface area contributed by atoms with Gasteiger partial charge >= 0.3 is 0 Å². The Balaban J connectivity index is 1.82. The van der Waals surface area contributed by atoms with Crippen molar-refractivity contribution in [3.8, 4) is 0 Å². The van der Waals surface area contributed by atoms with Crippen LogP contribution < -0.4 is 4.90 Å². The normalized spacial score (nSPS) is 11.4. The van der Waals surface area contributed by atoms with Gasteiger partial charge in [-0.3, -0.25) is 9.69 Å². The van der Waals surface area contributed by atoms with Crippen molar-refractivity contribution in [3.63, 3.8) is 0 Å². The maximum atomic E-state index is 13.1. The summed E-state index contributed by atoms with van der Waals surface area (Å²) in [5.41, 5.74) is 3.32. The number of fused-ring (bicyclic) bond motifs is 1. The Morgan fingerprint density at radius 2 is 1.82 bits per heavy atom. The van der Waals surface area contributed by atoms with Crippen LogP contribution >= 0.6 is 23.1 Å². The highest BCUT2D eigenvalue weighted by molar-refractivity contribution is 8.00. The molecule has 0 fully saturated rings. The number of hydrogen-bond donors (Lipinski definition) is 0. The molecule has 7 heteroatoms. The predicted molar refractivity (Wildman–Crippen MR) is 117 cm³/mol. The first kappa shape index (κ1) is 20.8. The third-order valence-corrected chi connectivity index (χ3v) is 6.59. The van der Waals surface area contributed by atoms with Gasteiger partial charge in [0.05, 0.1) is 16.0 Å². The van der Waals surface area contributed by atoms with Crippen LogP contribution in [-0.4, -0.2) is 48.7 Å². The smallest absolute Gasteiger partial charge is 0.239 e. The standard InChI is InChI=1S/C21H24FN3OS2/c1-14-5-10-18-20(15(14)2)23-21(28-18)25(12-11-24(3)4)19(26)13-27-17-8-6-16(22)7-9-17/h5-10H,11-13H2,1-4H3. The molecule has 28 heavy (non-hydrogen) atoms. The van der Waals surface area contributed by atoms with E-state index in [1.165, 1.54) is 29.5 Å². The molecule has 0 radical (unpaired) electrons. The molecular weight excluding hydrogens is 393 g/mol. The summed E-state index contributed by atoms with van der Waals surface area (Å²) in [5, 5.41) is 0.732. The predicted octanol–water partition coefficient (Wildman–Crippen LogP) is 4.74. The summed E-state index contributed by atoms with van der Waals surface area (Å²) < 4.78 is 14.2. The largest absolute Gasteiger partial charge is 0.308 e. The van der Waals surface area contributed by atoms with Crippen LogP contribution in [0.4, 0.5) is 9.52 Å². The molecule has 4 nitrogen and oxygen atoms in total. The van der Waals surface area contributed by atoms with Crippen LogP contribution in [0.1, 0.15) is 11.1 Å². The van der Waals surface area contributed by atoms with Crippen molar-refractivity contribution in [1.82, 2.24) is 9.88 Å². The Labute approximate surface area is 173 Å². The molecule has 0 atom stereocenters. The number of aromatic nitrogens is 1. The van der Waals surface area contributed by atoms with Crippen LogP contribution in [0.2, 0.25) is 0 Å². The number of hydrogen-bond acceptors (Lipinski definition) is 5. The molecule has 0 aliphatic heterocycles. The zero-order valence-electron chi connectivity index (χ0n) is 16.5. The molecule has 0 aliphatic rings. The molecule has 2 aromatic carbocycles. The third kappa shape index (κ3) is 4.90. The van der Waals surface area contributed by atoms with E-state index in [9.17, 15) is 9.18 Å². The SMILES string of the molecule is Cc1ccc2sc(N(CCN(C)C)C(=O)CSc3ccc(F)cc3)nc2c1C. The monoisotopic (exact) mass is 417 g/mol. The number of nitrogens with zero attached hydrogens (tertiary/aromatic N) is 3. The van der Waals surface area contributed by atoms with Gasteiger partial charge in [-0.15, -0.1) is 11.8 Å². The summed E-state index contributed by atoms with van der Waals surface area (Å²) in [4.78, 5) is 22.5. The summed E-state index contributed by atoms with van der Waals surface area (Å²) in [5.74, 6) is 0.0144. The number of rotatable bonds is 7. The molecule has 3 aromatic rings. The van der Waals surface area contributed by atoms with Gasteiger partial charge in [-0.25, -0.2) is 9.37 Å². The summed E-state index contributed by atoms with van der Waals surface area (Å²) in [6, 6.07) is 10.4. The number of carbonyl (C=O) groups is 1. The summed E-state index contributed by atoms with van der Waals surface area (Å²) in [6.07, 6.45) is 0. The fourth-order valence-corrected chi connectivity index (χ4v) is 4.55. The Morgan fingerprint density at radius 3 is 2.50 bits per heavy atom. The van der Waals surface area contributed by atoms with Crippen molar-refractivity contribution in [2.24, 2.45) is 0 Å². The lowest BCUT2D eigenvalue weighted by molar-refractivity contribution is -0.116. The zero-order chi connectivity index (χ0) is 20.3. The van der Waals surface area contributed by atoms with Crippen molar-refractivity contribution in [1.29, 1.82) is 0 Å². The van der Waals surface area contributed by atoms with E-state index < -0.39 is 0 Å². The van der Waals surface area contributed by atoms with E-state index >= 15 is 0 Å². The Kier molecular flexibility index (Phi) is 6.69. The number of benzene rings is 2. The maximum absolute atomic E-state index is 13.1. The average Bonchev–Trinajstić information content (AvgIpc) is 3.09. The molecule has 3 rings (SSSR count). The molecule has 0 aliphatic carbocycles. The van der Waals surface area contributed by atoms with Crippen molar-refractivity contribution in [2.45, 2.75) is 18.7 Å². The Morgan fingerprint density at radius 1 is 1.11 bits per heavy atom. The second-order valence-electron chi connectivity index (χ2n) is 6.94. The van der Waals surface area contributed by atoms with E-state index in [0.717, 1.165) is 32.4 Å². The molecule has 0 saturated carbocycles. The number of anilines is 1. The zero-order valence-corrected chi connectivity index (χ0v) is 18.2. The quantitative estimate of drug-likeness (QED) is 0.520. The van der Waals surface area contributed by atoms with Crippen LogP contribution in [0.5, 0.6) is 0 Å². The lowest BCUT2D eigenvalue weighted by atomic mass is 10.1. The van der Waals surface area contributed by atoms with Crippen LogP contribution in [0.25, 0.3) is 10.2 Å². The number of thioether (sulfide) groups is 1. The lowest BCUT2D eigenvalue weighted by Crippen LogP contribution is -2.37. The van der Waals surface area contributed by atoms with Gasteiger partial charge < -0.3 is 4.90 Å². The van der Waals surface area contributed by atoms with Crippen LogP contribution in [-0.2, 0) is 4.79 Å². The number of amides is 1. The number of aryl methyl sites for hydroxylation is 2. The molecule has 0 saturated heterocycles. The highest BCUT2D eigenvalue weighted by Gasteiger charge is 2.21. The first-order valence-electron chi connectivity index (χ1n) is 9.05. The first-order chi connectivity index (χ1) is 13.3. The minimum atomic E-state index is -0.275. The molecule has 148 valence electrons. The van der Waals surface area contributed by atoms with Gasteiger partial charge in [-0.05, 0) is 69.4 Å². The van der Waals surface area contributed by atoms with Gasteiger partial charge in [0, 0.05) is 18.0 Å². The molecular formula is C21H24FN3OS2. The van der Waals surface area contributed by atoms with Gasteiger partial charge in [0.25, 0.3) is 0 Å². The Bertz CT molecular complexity index is 970. The van der Waals surface area contributed by atoms with E-state index in [4.69, 9.17) is 4.98 Å². The number of halogens is 1. The molecule has 0 bridgehead atoms. The minimum Gasteiger partial charge on any atom is -0.308 e. The highest BCUT2D eigenvalue weighted by atomic mass is 32.2. The third-order valence-electron chi connectivity index (χ3n) is 4.55. The lowest BCUT2D eigenvalue weighted by Gasteiger charge is -2.21. The van der Waals surface area contributed by atoms with Gasteiger partial charge in [0.15, 0.2) is 5.13 Å². The van der Waals surface area contributed by atoms with Crippen LogP contribution in [0, 0.1) is 19.7 Å². The van der Waals surface area contributed by atoms with Crippen LogP contribution in [0.15, 0.2) is 41.3 Å². The molecule has 0 spiro atoms. The first-order valence-corrected chi connectivity index (χ1v) is 10.9. The highest BCUT2D eigenvalue weighted by Crippen LogP contribution is 2.32. The van der Waals surface area contributed by atoms with Gasteiger partial charge in [-0.2, -0.15) is 0 Å². The molecule has 0 N–H and O–H groups in total. The fraction of sp³-hybridized carbons (Fsp3) is 0.333. The van der Waals surface area contributed by atoms with Gasteiger partial charge in [0.1, 0.15) is 5.82 Å². The van der Waals surface area contributed by atoms with Gasteiger partial charge in [0.2, 0.25) is 5.91 Å². The van der Waals surface area contributed by atoms with E-state index in [1.54, 1.807) is 28.4 Å². The molecule has 1 amide bonds. The fourth-order valence-electron chi connectivity index (χ4n) is 2.71. The Hall–Kier alpha value is -1.96. The summed E-state index contributed by atoms with van der Waals surface area (Å²) in [6.45, 7) is 5.47. The van der Waals surface area contributed by atoms with Crippen molar-refractivity contribution in [2.75, 3.05) is 37.8 Å². The van der Waals surface area contributed by atoms with Crippen molar-refractivity contribution < 1.29 is 9.18 Å². The second kappa shape index (κ2) is 9.03. The summed E-state index contributed by atoms with van der Waals surface area (Å²) in [7, 11) is 3.98. The average molecular weight is 418 g/mol. The van der Waals surface area contributed by atoms with E-state index in [1.807, 2.05) is 14.1 Å². The van der Waals surface area contributed by atoms with Crippen molar-refractivity contribution in [3.05, 3.63) is 53.3 Å². The van der Waals surface area contributed by atoms with E-state index in [0.29, 0.717) is 6.54 Å². The second-order valence-corrected chi connectivity index (χ2v) is 9.00. The minimum absolute atomic E-state index is 0.00426. The number of likely N-dealkylation sites (N-methyl/N-ethyl adjacent to an activating group) is 1. The van der Waals surface area contributed by atoms with Gasteiger partial charge in [-0.1, -0.05) is 17.4 Å².